The summed E-state index contributed by atoms with van der Waals surface area (Å²) >= 11 is 0. The molecule has 2 rings (SSSR count). The minimum absolute atomic E-state index is 0.253. The fourth-order valence-corrected chi connectivity index (χ4v) is 2.83. The number of nitrogens with one attached hydrogen (secondary N) is 1. The van der Waals surface area contributed by atoms with Gasteiger partial charge < -0.3 is 16.2 Å². The standard InChI is InChI=1S/C15H22N2O2/c1-10-4-2-3-5-11(10)9-17-14-7-6-12(16)8-13(14)15(18)19/h6-8,10-11,17H,2-5,9,16H2,1H3,(H,18,19). The fraction of sp³-hybridized carbons (Fsp3) is 0.533. The lowest BCUT2D eigenvalue weighted by Gasteiger charge is -2.29. The molecule has 1 aliphatic carbocycles. The van der Waals surface area contributed by atoms with E-state index in [-0.39, 0.29) is 5.56 Å². The number of benzene rings is 1. The Kier molecular flexibility index (Phi) is 4.30. The van der Waals surface area contributed by atoms with E-state index in [0.29, 0.717) is 23.2 Å². The number of hydrogen-bond acceptors (Lipinski definition) is 3. The van der Waals surface area contributed by atoms with Crippen molar-refractivity contribution in [1.82, 2.24) is 0 Å². The zero-order valence-electron chi connectivity index (χ0n) is 11.4. The minimum atomic E-state index is -0.938. The Bertz CT molecular complexity index is 459. The number of carboxylic acid groups (broad SMARTS) is 1. The molecule has 4 N–H and O–H groups in total. The molecule has 4 nitrogen and oxygen atoms in total. The summed E-state index contributed by atoms with van der Waals surface area (Å²) in [5.41, 5.74) is 7.04. The first-order valence-corrected chi connectivity index (χ1v) is 6.94. The van der Waals surface area contributed by atoms with Gasteiger partial charge in [-0.2, -0.15) is 0 Å². The largest absolute Gasteiger partial charge is 0.478 e. The van der Waals surface area contributed by atoms with Crippen LogP contribution < -0.4 is 11.1 Å². The van der Waals surface area contributed by atoms with E-state index in [0.717, 1.165) is 6.54 Å². The Morgan fingerprint density at radius 1 is 1.42 bits per heavy atom. The summed E-state index contributed by atoms with van der Waals surface area (Å²) in [6.07, 6.45) is 5.11. The van der Waals surface area contributed by atoms with E-state index >= 15 is 0 Å². The van der Waals surface area contributed by atoms with Gasteiger partial charge in [0.05, 0.1) is 5.56 Å². The minimum Gasteiger partial charge on any atom is -0.478 e. The lowest BCUT2D eigenvalue weighted by atomic mass is 9.80. The van der Waals surface area contributed by atoms with Gasteiger partial charge in [-0.1, -0.05) is 26.2 Å². The van der Waals surface area contributed by atoms with Crippen LogP contribution in [-0.2, 0) is 0 Å². The van der Waals surface area contributed by atoms with Crippen LogP contribution in [0, 0.1) is 11.8 Å². The quantitative estimate of drug-likeness (QED) is 0.728. The molecule has 1 saturated carbocycles. The molecule has 2 unspecified atom stereocenters. The molecule has 0 spiro atoms. The molecule has 19 heavy (non-hydrogen) atoms. The molecule has 0 radical (unpaired) electrons. The second-order valence-electron chi connectivity index (χ2n) is 5.51. The van der Waals surface area contributed by atoms with Crippen molar-refractivity contribution >= 4 is 17.3 Å². The van der Waals surface area contributed by atoms with Gasteiger partial charge in [-0.3, -0.25) is 0 Å². The summed E-state index contributed by atoms with van der Waals surface area (Å²) in [7, 11) is 0. The lowest BCUT2D eigenvalue weighted by molar-refractivity contribution is 0.0698. The Balaban J connectivity index is 2.04. The number of aromatic carboxylic acids is 1. The molecule has 0 bridgehead atoms. The van der Waals surface area contributed by atoms with Crippen LogP contribution in [0.25, 0.3) is 0 Å². The predicted octanol–water partition coefficient (Wildman–Crippen LogP) is 3.21. The van der Waals surface area contributed by atoms with Gasteiger partial charge in [0.2, 0.25) is 0 Å². The summed E-state index contributed by atoms with van der Waals surface area (Å²) in [6, 6.07) is 5.00. The lowest BCUT2D eigenvalue weighted by Crippen LogP contribution is -2.25. The molecular weight excluding hydrogens is 240 g/mol. The zero-order chi connectivity index (χ0) is 13.8. The summed E-state index contributed by atoms with van der Waals surface area (Å²) in [6.45, 7) is 3.12. The average Bonchev–Trinajstić information content (AvgIpc) is 2.38. The maximum atomic E-state index is 11.2. The van der Waals surface area contributed by atoms with Gasteiger partial charge in [-0.05, 0) is 36.5 Å². The SMILES string of the molecule is CC1CCCCC1CNc1ccc(N)cc1C(=O)O. The number of rotatable bonds is 4. The van der Waals surface area contributed by atoms with Crippen LogP contribution in [-0.4, -0.2) is 17.6 Å². The number of anilines is 2. The van der Waals surface area contributed by atoms with Crippen LogP contribution in [0.15, 0.2) is 18.2 Å². The smallest absolute Gasteiger partial charge is 0.337 e. The molecular formula is C15H22N2O2. The number of carboxylic acids is 1. The van der Waals surface area contributed by atoms with Crippen LogP contribution in [0.4, 0.5) is 11.4 Å². The second-order valence-corrected chi connectivity index (χ2v) is 5.51. The van der Waals surface area contributed by atoms with E-state index in [9.17, 15) is 9.90 Å². The molecule has 0 amide bonds. The van der Waals surface area contributed by atoms with Crippen LogP contribution in [0.3, 0.4) is 0 Å². The highest BCUT2D eigenvalue weighted by molar-refractivity contribution is 5.95. The molecule has 2 atom stereocenters. The maximum Gasteiger partial charge on any atom is 0.337 e. The molecule has 1 aromatic rings. The third-order valence-electron chi connectivity index (χ3n) is 4.12. The van der Waals surface area contributed by atoms with Gasteiger partial charge in [0.25, 0.3) is 0 Å². The zero-order valence-corrected chi connectivity index (χ0v) is 11.4. The van der Waals surface area contributed by atoms with E-state index in [2.05, 4.69) is 12.2 Å². The summed E-state index contributed by atoms with van der Waals surface area (Å²) in [5.74, 6) is 0.405. The second kappa shape index (κ2) is 5.95. The topological polar surface area (TPSA) is 75.3 Å². The normalized spacial score (nSPS) is 23.0. The molecule has 1 aliphatic rings. The van der Waals surface area contributed by atoms with Gasteiger partial charge in [0, 0.05) is 17.9 Å². The Morgan fingerprint density at radius 3 is 2.84 bits per heavy atom. The maximum absolute atomic E-state index is 11.2. The van der Waals surface area contributed by atoms with Crippen molar-refractivity contribution in [2.75, 3.05) is 17.6 Å². The molecule has 0 aliphatic heterocycles. The van der Waals surface area contributed by atoms with Crippen molar-refractivity contribution < 1.29 is 9.90 Å². The van der Waals surface area contributed by atoms with Crippen LogP contribution in [0.2, 0.25) is 0 Å². The van der Waals surface area contributed by atoms with Crippen LogP contribution >= 0.6 is 0 Å². The highest BCUT2D eigenvalue weighted by Crippen LogP contribution is 2.30. The number of nitrogens with two attached hydrogens (primary N) is 1. The fourth-order valence-electron chi connectivity index (χ4n) is 2.83. The number of carbonyl (C=O) groups is 1. The Labute approximate surface area is 114 Å². The van der Waals surface area contributed by atoms with Gasteiger partial charge >= 0.3 is 5.97 Å². The molecule has 4 heteroatoms. The van der Waals surface area contributed by atoms with Crippen molar-refractivity contribution in [1.29, 1.82) is 0 Å². The van der Waals surface area contributed by atoms with Gasteiger partial charge in [-0.25, -0.2) is 4.79 Å². The highest BCUT2D eigenvalue weighted by Gasteiger charge is 2.21. The third-order valence-corrected chi connectivity index (χ3v) is 4.12. The first-order chi connectivity index (χ1) is 9.08. The molecule has 0 aromatic heterocycles. The van der Waals surface area contributed by atoms with Gasteiger partial charge in [0.1, 0.15) is 0 Å². The van der Waals surface area contributed by atoms with E-state index < -0.39 is 5.97 Å². The molecule has 104 valence electrons. The van der Waals surface area contributed by atoms with Crippen molar-refractivity contribution in [3.05, 3.63) is 23.8 Å². The molecule has 1 aromatic carbocycles. The summed E-state index contributed by atoms with van der Waals surface area (Å²) in [4.78, 5) is 11.2. The molecule has 0 saturated heterocycles. The average molecular weight is 262 g/mol. The van der Waals surface area contributed by atoms with E-state index in [4.69, 9.17) is 5.73 Å². The van der Waals surface area contributed by atoms with Crippen molar-refractivity contribution in [2.24, 2.45) is 11.8 Å². The Morgan fingerprint density at radius 2 is 2.16 bits per heavy atom. The van der Waals surface area contributed by atoms with Crippen molar-refractivity contribution in [2.45, 2.75) is 32.6 Å². The number of hydrogen-bond donors (Lipinski definition) is 3. The van der Waals surface area contributed by atoms with Crippen LogP contribution in [0.1, 0.15) is 43.0 Å². The molecule has 1 fully saturated rings. The van der Waals surface area contributed by atoms with Gasteiger partial charge in [0.15, 0.2) is 0 Å². The van der Waals surface area contributed by atoms with Crippen molar-refractivity contribution in [3.8, 4) is 0 Å². The summed E-state index contributed by atoms with van der Waals surface area (Å²) in [5, 5.41) is 12.5. The third kappa shape index (κ3) is 3.40. The van der Waals surface area contributed by atoms with Crippen LogP contribution in [0.5, 0.6) is 0 Å². The predicted molar refractivity (Wildman–Crippen MR) is 77.4 cm³/mol. The highest BCUT2D eigenvalue weighted by atomic mass is 16.4. The monoisotopic (exact) mass is 262 g/mol. The van der Waals surface area contributed by atoms with Crippen molar-refractivity contribution in [3.63, 3.8) is 0 Å². The van der Waals surface area contributed by atoms with E-state index in [1.54, 1.807) is 12.1 Å². The summed E-state index contributed by atoms with van der Waals surface area (Å²) < 4.78 is 0. The first-order valence-electron chi connectivity index (χ1n) is 6.94. The van der Waals surface area contributed by atoms with Gasteiger partial charge in [-0.15, -0.1) is 0 Å². The first kappa shape index (κ1) is 13.7. The molecule has 0 heterocycles. The van der Waals surface area contributed by atoms with E-state index in [1.165, 1.54) is 31.7 Å². The Hall–Kier alpha value is -1.71. The number of nitrogen functional groups attached to an aromatic ring is 1. The van der Waals surface area contributed by atoms with E-state index in [1.807, 2.05) is 0 Å².